The lowest BCUT2D eigenvalue weighted by atomic mass is 10.1. The van der Waals surface area contributed by atoms with Crippen molar-refractivity contribution in [3.8, 4) is 0 Å². The van der Waals surface area contributed by atoms with E-state index in [1.54, 1.807) is 11.8 Å². The number of nitrogens with one attached hydrogen (secondary N) is 1. The van der Waals surface area contributed by atoms with Crippen LogP contribution >= 0.6 is 11.8 Å². The number of hydrogen-bond acceptors (Lipinski definition) is 5. The second-order valence-corrected chi connectivity index (χ2v) is 10.2. The molecule has 0 bridgehead atoms. The topological polar surface area (TPSA) is 55.8 Å². The Morgan fingerprint density at radius 1 is 1.19 bits per heavy atom. The van der Waals surface area contributed by atoms with Crippen LogP contribution in [0.25, 0.3) is 0 Å². The molecular weight excluding hydrogens is 418 g/mol. The van der Waals surface area contributed by atoms with Crippen molar-refractivity contribution in [2.75, 3.05) is 24.6 Å². The van der Waals surface area contributed by atoms with Gasteiger partial charge in [-0.25, -0.2) is 0 Å². The first-order chi connectivity index (χ1) is 15.5. The highest BCUT2D eigenvalue weighted by molar-refractivity contribution is 7.99. The van der Waals surface area contributed by atoms with Gasteiger partial charge in [0.05, 0.1) is 24.1 Å². The van der Waals surface area contributed by atoms with E-state index in [0.717, 1.165) is 37.9 Å². The first kappa shape index (κ1) is 23.1. The molecular formula is C26H35N3O2S. The van der Waals surface area contributed by atoms with Crippen molar-refractivity contribution < 1.29 is 9.90 Å². The standard InChI is InChI=1S/C26H35N3O2S/c1-4-25(28-15-7-8-20(28)17-30)29-21-9-5-6-10-23(21)32-24-12-11-19(16-22(24)29)26(31)27-14-13-18(2)3/h5-6,9-12,16,18,20,25,30H,4,7-8,13-15,17H2,1-3H3,(H,27,31)/t20-,25?/m1/s1. The molecule has 2 aliphatic rings. The number of anilines is 2. The summed E-state index contributed by atoms with van der Waals surface area (Å²) in [6, 6.07) is 14.8. The second kappa shape index (κ2) is 10.3. The number of amides is 1. The van der Waals surface area contributed by atoms with Gasteiger partial charge in [0.15, 0.2) is 0 Å². The predicted octanol–water partition coefficient (Wildman–Crippen LogP) is 5.26. The number of likely N-dealkylation sites (tertiary alicyclic amines) is 1. The molecule has 6 heteroatoms. The lowest BCUT2D eigenvalue weighted by molar-refractivity contribution is 0.0952. The van der Waals surface area contributed by atoms with Crippen molar-refractivity contribution in [2.24, 2.45) is 5.92 Å². The zero-order chi connectivity index (χ0) is 22.7. The molecule has 2 aliphatic heterocycles. The zero-order valence-corrected chi connectivity index (χ0v) is 20.2. The molecule has 1 saturated heterocycles. The lowest BCUT2D eigenvalue weighted by Crippen LogP contribution is -2.50. The molecule has 1 unspecified atom stereocenters. The van der Waals surface area contributed by atoms with Crippen molar-refractivity contribution in [2.45, 2.75) is 68.5 Å². The Balaban J connectivity index is 1.70. The van der Waals surface area contributed by atoms with Crippen LogP contribution in [0.3, 0.4) is 0 Å². The minimum absolute atomic E-state index is 0.0142. The molecule has 2 heterocycles. The van der Waals surface area contributed by atoms with Crippen LogP contribution in [0.5, 0.6) is 0 Å². The van der Waals surface area contributed by atoms with E-state index >= 15 is 0 Å². The normalized spacial score (nSPS) is 19.0. The molecule has 1 amide bonds. The van der Waals surface area contributed by atoms with E-state index in [-0.39, 0.29) is 24.7 Å². The summed E-state index contributed by atoms with van der Waals surface area (Å²) in [6.07, 6.45) is 4.18. The van der Waals surface area contributed by atoms with Gasteiger partial charge in [0, 0.05) is 34.5 Å². The zero-order valence-electron chi connectivity index (χ0n) is 19.4. The van der Waals surface area contributed by atoms with Crippen molar-refractivity contribution in [1.29, 1.82) is 0 Å². The fourth-order valence-electron chi connectivity index (χ4n) is 4.83. The Morgan fingerprint density at radius 2 is 1.97 bits per heavy atom. The van der Waals surface area contributed by atoms with Gasteiger partial charge in [0.25, 0.3) is 5.91 Å². The smallest absolute Gasteiger partial charge is 0.251 e. The molecule has 32 heavy (non-hydrogen) atoms. The summed E-state index contributed by atoms with van der Waals surface area (Å²) in [6.45, 7) is 8.41. The van der Waals surface area contributed by atoms with E-state index < -0.39 is 0 Å². The number of para-hydroxylation sites is 1. The monoisotopic (exact) mass is 453 g/mol. The number of hydrogen-bond donors (Lipinski definition) is 2. The number of aliphatic hydroxyl groups excluding tert-OH is 1. The van der Waals surface area contributed by atoms with Gasteiger partial charge in [-0.3, -0.25) is 9.69 Å². The van der Waals surface area contributed by atoms with Crippen LogP contribution in [0.4, 0.5) is 11.4 Å². The summed E-state index contributed by atoms with van der Waals surface area (Å²) >= 11 is 1.76. The molecule has 2 aromatic rings. The average Bonchev–Trinajstić information content (AvgIpc) is 3.27. The highest BCUT2D eigenvalue weighted by Gasteiger charge is 2.37. The summed E-state index contributed by atoms with van der Waals surface area (Å²) < 4.78 is 0. The third-order valence-electron chi connectivity index (χ3n) is 6.51. The molecule has 0 aromatic heterocycles. The molecule has 1 fully saturated rings. The maximum absolute atomic E-state index is 12.9. The lowest BCUT2D eigenvalue weighted by Gasteiger charge is -2.44. The molecule has 0 spiro atoms. The predicted molar refractivity (Wildman–Crippen MR) is 132 cm³/mol. The van der Waals surface area contributed by atoms with Crippen LogP contribution in [-0.4, -0.2) is 47.8 Å². The van der Waals surface area contributed by atoms with Crippen LogP contribution < -0.4 is 10.2 Å². The van der Waals surface area contributed by atoms with Gasteiger partial charge < -0.3 is 15.3 Å². The molecule has 2 aromatic carbocycles. The van der Waals surface area contributed by atoms with Crippen LogP contribution in [0.2, 0.25) is 0 Å². The Labute approximate surface area is 196 Å². The molecule has 0 saturated carbocycles. The van der Waals surface area contributed by atoms with E-state index in [9.17, 15) is 9.90 Å². The number of rotatable bonds is 8. The third-order valence-corrected chi connectivity index (χ3v) is 7.64. The maximum atomic E-state index is 12.9. The van der Waals surface area contributed by atoms with Crippen molar-refractivity contribution in [1.82, 2.24) is 10.2 Å². The molecule has 2 atom stereocenters. The molecule has 5 nitrogen and oxygen atoms in total. The van der Waals surface area contributed by atoms with Gasteiger partial charge in [-0.15, -0.1) is 0 Å². The minimum atomic E-state index is -0.0142. The Hall–Kier alpha value is -2.02. The summed E-state index contributed by atoms with van der Waals surface area (Å²) in [7, 11) is 0. The van der Waals surface area contributed by atoms with Crippen molar-refractivity contribution in [3.05, 3.63) is 48.0 Å². The Bertz CT molecular complexity index is 948. The summed E-state index contributed by atoms with van der Waals surface area (Å²) in [5.41, 5.74) is 2.96. The largest absolute Gasteiger partial charge is 0.395 e. The van der Waals surface area contributed by atoms with Crippen molar-refractivity contribution >= 4 is 29.0 Å². The van der Waals surface area contributed by atoms with Crippen molar-refractivity contribution in [3.63, 3.8) is 0 Å². The molecule has 172 valence electrons. The summed E-state index contributed by atoms with van der Waals surface area (Å²) in [5.74, 6) is 0.548. The average molecular weight is 454 g/mol. The number of fused-ring (bicyclic) bond motifs is 2. The van der Waals surface area contributed by atoms with Crippen LogP contribution in [0, 0.1) is 5.92 Å². The maximum Gasteiger partial charge on any atom is 0.251 e. The molecule has 0 aliphatic carbocycles. The fraction of sp³-hybridized carbons (Fsp3) is 0.500. The minimum Gasteiger partial charge on any atom is -0.395 e. The quantitative estimate of drug-likeness (QED) is 0.571. The number of benzene rings is 2. The van der Waals surface area contributed by atoms with Gasteiger partial charge in [-0.1, -0.05) is 44.7 Å². The number of carbonyl (C=O) groups is 1. The Morgan fingerprint density at radius 3 is 2.72 bits per heavy atom. The second-order valence-electron chi connectivity index (χ2n) is 9.17. The molecule has 2 N–H and O–H groups in total. The SMILES string of the molecule is CCC(N1c2ccccc2Sc2ccc(C(=O)NCCC(C)C)cc21)N1CCC[C@@H]1CO. The van der Waals surface area contributed by atoms with E-state index in [1.807, 2.05) is 6.07 Å². The van der Waals surface area contributed by atoms with Crippen LogP contribution in [0.15, 0.2) is 52.3 Å². The van der Waals surface area contributed by atoms with Gasteiger partial charge in [0.2, 0.25) is 0 Å². The van der Waals surface area contributed by atoms with Gasteiger partial charge in [0.1, 0.15) is 0 Å². The highest BCUT2D eigenvalue weighted by Crippen LogP contribution is 2.50. The first-order valence-corrected chi connectivity index (χ1v) is 12.7. The molecule has 0 radical (unpaired) electrons. The fourth-order valence-corrected chi connectivity index (χ4v) is 5.89. The molecule has 4 rings (SSSR count). The van der Waals surface area contributed by atoms with E-state index in [2.05, 4.69) is 72.3 Å². The first-order valence-electron chi connectivity index (χ1n) is 11.9. The number of carbonyl (C=O) groups excluding carboxylic acids is 1. The third kappa shape index (κ3) is 4.68. The summed E-state index contributed by atoms with van der Waals surface area (Å²) in [5, 5.41) is 13.1. The van der Waals surface area contributed by atoms with Gasteiger partial charge in [-0.05, 0) is 61.9 Å². The van der Waals surface area contributed by atoms with Crippen LogP contribution in [0.1, 0.15) is 56.8 Å². The van der Waals surface area contributed by atoms with Crippen LogP contribution in [-0.2, 0) is 0 Å². The van der Waals surface area contributed by atoms with Gasteiger partial charge in [-0.2, -0.15) is 0 Å². The van der Waals surface area contributed by atoms with E-state index in [4.69, 9.17) is 0 Å². The number of aliphatic hydroxyl groups is 1. The number of nitrogens with zero attached hydrogens (tertiary/aromatic N) is 2. The Kier molecular flexibility index (Phi) is 7.44. The van der Waals surface area contributed by atoms with Gasteiger partial charge >= 0.3 is 0 Å². The van der Waals surface area contributed by atoms with E-state index in [1.165, 1.54) is 15.5 Å². The van der Waals surface area contributed by atoms with E-state index in [0.29, 0.717) is 18.0 Å². The summed E-state index contributed by atoms with van der Waals surface area (Å²) in [4.78, 5) is 20.1. The highest BCUT2D eigenvalue weighted by atomic mass is 32.2.